The van der Waals surface area contributed by atoms with Crippen LogP contribution in [0.2, 0.25) is 0 Å². The average molecular weight is 187 g/mol. The van der Waals surface area contributed by atoms with Crippen LogP contribution in [0.3, 0.4) is 0 Å². The molecule has 1 aliphatic heterocycles. The number of nitrogens with one attached hydrogen (secondary N) is 1. The van der Waals surface area contributed by atoms with Crippen LogP contribution in [0.5, 0.6) is 0 Å². The Morgan fingerprint density at radius 1 is 1.77 bits per heavy atom. The summed E-state index contributed by atoms with van der Waals surface area (Å²) in [5.41, 5.74) is 0. The summed E-state index contributed by atoms with van der Waals surface area (Å²) < 4.78 is 9.94. The molecule has 0 fully saturated rings. The first-order chi connectivity index (χ1) is 6.24. The topological polar surface area (TPSA) is 67.8 Å². The number of hydrogen-bond acceptors (Lipinski definition) is 4. The van der Waals surface area contributed by atoms with Crippen molar-refractivity contribution in [2.75, 3.05) is 19.8 Å². The van der Waals surface area contributed by atoms with Gasteiger partial charge in [-0.3, -0.25) is 4.79 Å². The number of hydrogen-bond donors (Lipinski definition) is 2. The van der Waals surface area contributed by atoms with Gasteiger partial charge in [-0.1, -0.05) is 0 Å². The van der Waals surface area contributed by atoms with E-state index in [2.05, 4.69) is 5.32 Å². The van der Waals surface area contributed by atoms with Gasteiger partial charge in [0.2, 0.25) is 5.76 Å². The molecular formula is C8H13NO4. The van der Waals surface area contributed by atoms with Gasteiger partial charge in [-0.2, -0.15) is 0 Å². The van der Waals surface area contributed by atoms with E-state index in [1.165, 1.54) is 6.26 Å². The highest BCUT2D eigenvalue weighted by molar-refractivity contribution is 5.91. The van der Waals surface area contributed by atoms with Crippen LogP contribution < -0.4 is 5.32 Å². The summed E-state index contributed by atoms with van der Waals surface area (Å²) in [6, 6.07) is -0.279. The van der Waals surface area contributed by atoms with Crippen LogP contribution >= 0.6 is 0 Å². The molecule has 2 N–H and O–H groups in total. The predicted octanol–water partition coefficient (Wildman–Crippen LogP) is -0.628. The maximum atomic E-state index is 11.3. The summed E-state index contributed by atoms with van der Waals surface area (Å²) in [4.78, 5) is 11.3. The fourth-order valence-corrected chi connectivity index (χ4v) is 0.828. The zero-order valence-electron chi connectivity index (χ0n) is 7.45. The molecule has 0 saturated carbocycles. The van der Waals surface area contributed by atoms with Crippen molar-refractivity contribution < 1.29 is 19.4 Å². The molecule has 74 valence electrons. The summed E-state index contributed by atoms with van der Waals surface area (Å²) in [6.45, 7) is 2.45. The van der Waals surface area contributed by atoms with Crippen molar-refractivity contribution in [1.82, 2.24) is 5.32 Å². The Bertz CT molecular complexity index is 214. The molecule has 5 heteroatoms. The molecule has 0 aromatic heterocycles. The average Bonchev–Trinajstić information content (AvgIpc) is 2.19. The van der Waals surface area contributed by atoms with Crippen molar-refractivity contribution in [2.24, 2.45) is 0 Å². The standard InChI is InChI=1S/C8H13NO4/c1-6(4-10)9-8(11)7-5-12-2-3-13-7/h5-6,10H,2-4H2,1H3,(H,9,11)/t6-/m0/s1. The van der Waals surface area contributed by atoms with Crippen molar-refractivity contribution in [2.45, 2.75) is 13.0 Å². The van der Waals surface area contributed by atoms with Crippen LogP contribution in [0.1, 0.15) is 6.92 Å². The van der Waals surface area contributed by atoms with Gasteiger partial charge in [-0.05, 0) is 6.92 Å². The molecule has 0 unspecified atom stereocenters. The molecule has 0 aromatic carbocycles. The van der Waals surface area contributed by atoms with Gasteiger partial charge in [0.15, 0.2) is 0 Å². The number of ether oxygens (including phenoxy) is 2. The minimum absolute atomic E-state index is 0.0973. The van der Waals surface area contributed by atoms with Crippen LogP contribution in [0.15, 0.2) is 12.0 Å². The van der Waals surface area contributed by atoms with Crippen LogP contribution in [-0.4, -0.2) is 36.9 Å². The third-order valence-corrected chi connectivity index (χ3v) is 1.52. The van der Waals surface area contributed by atoms with Crippen molar-refractivity contribution >= 4 is 5.91 Å². The van der Waals surface area contributed by atoms with Gasteiger partial charge in [0.25, 0.3) is 5.91 Å². The maximum Gasteiger partial charge on any atom is 0.289 e. The monoisotopic (exact) mass is 187 g/mol. The third kappa shape index (κ3) is 2.95. The maximum absolute atomic E-state index is 11.3. The highest BCUT2D eigenvalue weighted by Crippen LogP contribution is 2.03. The van der Waals surface area contributed by atoms with E-state index in [0.29, 0.717) is 13.2 Å². The number of aliphatic hydroxyl groups excluding tert-OH is 1. The molecule has 0 aromatic rings. The Morgan fingerprint density at radius 2 is 2.54 bits per heavy atom. The number of amides is 1. The molecular weight excluding hydrogens is 174 g/mol. The fourth-order valence-electron chi connectivity index (χ4n) is 0.828. The summed E-state index contributed by atoms with van der Waals surface area (Å²) in [5, 5.41) is 11.2. The molecule has 1 heterocycles. The first-order valence-corrected chi connectivity index (χ1v) is 4.10. The second-order valence-corrected chi connectivity index (χ2v) is 2.76. The van der Waals surface area contributed by atoms with Gasteiger partial charge >= 0.3 is 0 Å². The van der Waals surface area contributed by atoms with E-state index >= 15 is 0 Å². The SMILES string of the molecule is C[C@@H](CO)NC(=O)C1=COCCO1. The summed E-state index contributed by atoms with van der Waals surface area (Å²) >= 11 is 0. The van der Waals surface area contributed by atoms with Gasteiger partial charge in [0.05, 0.1) is 6.61 Å². The molecule has 1 rings (SSSR count). The molecule has 0 saturated heterocycles. The van der Waals surface area contributed by atoms with Gasteiger partial charge < -0.3 is 19.9 Å². The van der Waals surface area contributed by atoms with Gasteiger partial charge in [0.1, 0.15) is 19.5 Å². The van der Waals surface area contributed by atoms with Crippen LogP contribution in [0, 0.1) is 0 Å². The van der Waals surface area contributed by atoms with Gasteiger partial charge in [0, 0.05) is 6.04 Å². The highest BCUT2D eigenvalue weighted by Gasteiger charge is 2.16. The number of aliphatic hydroxyl groups is 1. The summed E-state index contributed by atoms with van der Waals surface area (Å²) in [5.74, 6) is -0.201. The lowest BCUT2D eigenvalue weighted by Gasteiger charge is -2.16. The van der Waals surface area contributed by atoms with Crippen LogP contribution in [0.25, 0.3) is 0 Å². The van der Waals surface area contributed by atoms with Crippen molar-refractivity contribution in [3.05, 3.63) is 12.0 Å². The summed E-state index contributed by atoms with van der Waals surface area (Å²) in [7, 11) is 0. The second kappa shape index (κ2) is 4.71. The number of rotatable bonds is 3. The minimum Gasteiger partial charge on any atom is -0.494 e. The van der Waals surface area contributed by atoms with E-state index in [0.717, 1.165) is 0 Å². The molecule has 0 radical (unpaired) electrons. The smallest absolute Gasteiger partial charge is 0.289 e. The van der Waals surface area contributed by atoms with Crippen LogP contribution in [0.4, 0.5) is 0 Å². The van der Waals surface area contributed by atoms with Crippen molar-refractivity contribution in [3.63, 3.8) is 0 Å². The second-order valence-electron chi connectivity index (χ2n) is 2.76. The van der Waals surface area contributed by atoms with E-state index in [1.54, 1.807) is 6.92 Å². The van der Waals surface area contributed by atoms with Crippen molar-refractivity contribution in [1.29, 1.82) is 0 Å². The first-order valence-electron chi connectivity index (χ1n) is 4.10. The number of carbonyl (C=O) groups excluding carboxylic acids is 1. The molecule has 1 aliphatic rings. The molecule has 1 atom stereocenters. The lowest BCUT2D eigenvalue weighted by atomic mass is 10.3. The minimum atomic E-state index is -0.360. The predicted molar refractivity (Wildman–Crippen MR) is 44.7 cm³/mol. The zero-order valence-corrected chi connectivity index (χ0v) is 7.45. The Labute approximate surface area is 76.3 Å². The summed E-state index contributed by atoms with van der Waals surface area (Å²) in [6.07, 6.45) is 1.28. The van der Waals surface area contributed by atoms with Crippen molar-refractivity contribution in [3.8, 4) is 0 Å². The van der Waals surface area contributed by atoms with E-state index in [9.17, 15) is 4.79 Å². The Morgan fingerprint density at radius 3 is 3.08 bits per heavy atom. The van der Waals surface area contributed by atoms with E-state index in [-0.39, 0.29) is 24.3 Å². The van der Waals surface area contributed by atoms with E-state index < -0.39 is 0 Å². The molecule has 0 aliphatic carbocycles. The molecule has 13 heavy (non-hydrogen) atoms. The molecule has 5 nitrogen and oxygen atoms in total. The molecule has 1 amide bonds. The highest BCUT2D eigenvalue weighted by atomic mass is 16.6. The third-order valence-electron chi connectivity index (χ3n) is 1.52. The largest absolute Gasteiger partial charge is 0.494 e. The Balaban J connectivity index is 2.42. The molecule has 0 bridgehead atoms. The lowest BCUT2D eigenvalue weighted by molar-refractivity contribution is -0.123. The Kier molecular flexibility index (Phi) is 3.57. The first kappa shape index (κ1) is 9.85. The fraction of sp³-hybridized carbons (Fsp3) is 0.625. The van der Waals surface area contributed by atoms with E-state index in [1.807, 2.05) is 0 Å². The number of carbonyl (C=O) groups is 1. The normalized spacial score (nSPS) is 17.8. The molecule has 0 spiro atoms. The zero-order chi connectivity index (χ0) is 9.68. The van der Waals surface area contributed by atoms with Gasteiger partial charge in [-0.15, -0.1) is 0 Å². The Hall–Kier alpha value is -1.23. The van der Waals surface area contributed by atoms with Crippen LogP contribution in [-0.2, 0) is 14.3 Å². The lowest BCUT2D eigenvalue weighted by Crippen LogP contribution is -2.37. The van der Waals surface area contributed by atoms with Gasteiger partial charge in [-0.25, -0.2) is 0 Å². The quantitative estimate of drug-likeness (QED) is 0.617. The van der Waals surface area contributed by atoms with E-state index in [4.69, 9.17) is 14.6 Å².